The molecule has 7 aromatic carbocycles. The van der Waals surface area contributed by atoms with E-state index in [4.69, 9.17) is 9.98 Å². The van der Waals surface area contributed by atoms with Crippen LogP contribution in [0.25, 0.3) is 62.6 Å². The minimum absolute atomic E-state index is 0.455. The lowest BCUT2D eigenvalue weighted by Crippen LogP contribution is -2.36. The summed E-state index contributed by atoms with van der Waals surface area (Å²) in [6.07, 6.45) is -0.455. The normalized spacial score (nSPS) is 14.6. The number of thiophene rings is 2. The van der Waals surface area contributed by atoms with Crippen LogP contribution in [0.3, 0.4) is 0 Å². The summed E-state index contributed by atoms with van der Waals surface area (Å²) in [5.41, 5.74) is 7.87. The van der Waals surface area contributed by atoms with Crippen LogP contribution in [0, 0.1) is 0 Å². The number of rotatable bonds is 5. The van der Waals surface area contributed by atoms with Crippen LogP contribution >= 0.6 is 22.7 Å². The molecule has 236 valence electrons. The quantitative estimate of drug-likeness (QED) is 0.194. The highest BCUT2D eigenvalue weighted by molar-refractivity contribution is 7.26. The highest BCUT2D eigenvalue weighted by Crippen LogP contribution is 2.41. The Morgan fingerprint density at radius 2 is 1.00 bits per heavy atom. The Labute approximate surface area is 297 Å². The average molecular weight is 676 g/mol. The van der Waals surface area contributed by atoms with Crippen LogP contribution < -0.4 is 5.32 Å². The number of amidine groups is 2. The Balaban J connectivity index is 1.17. The second-order valence-electron chi connectivity index (χ2n) is 12.5. The number of benzene rings is 7. The summed E-state index contributed by atoms with van der Waals surface area (Å²) >= 11 is 3.65. The summed E-state index contributed by atoms with van der Waals surface area (Å²) in [4.78, 5) is 10.8. The van der Waals surface area contributed by atoms with Crippen molar-refractivity contribution in [2.45, 2.75) is 6.17 Å². The van der Waals surface area contributed by atoms with Gasteiger partial charge in [-0.2, -0.15) is 0 Å². The van der Waals surface area contributed by atoms with Gasteiger partial charge in [-0.25, -0.2) is 9.98 Å². The van der Waals surface area contributed by atoms with Crippen LogP contribution in [0.4, 0.5) is 0 Å². The van der Waals surface area contributed by atoms with Gasteiger partial charge in [0.1, 0.15) is 11.7 Å². The lowest BCUT2D eigenvalue weighted by atomic mass is 9.91. The highest BCUT2D eigenvalue weighted by atomic mass is 32.1. The maximum absolute atomic E-state index is 5.43. The van der Waals surface area contributed by atoms with Crippen LogP contribution in [0.2, 0.25) is 0 Å². The summed E-state index contributed by atoms with van der Waals surface area (Å²) in [5, 5.41) is 8.81. The molecule has 1 aliphatic heterocycles. The van der Waals surface area contributed by atoms with Crippen molar-refractivity contribution >= 4 is 74.7 Å². The average Bonchev–Trinajstić information content (AvgIpc) is 3.76. The number of fused-ring (bicyclic) bond motifs is 6. The number of aliphatic imine (C=N–C) groups is 2. The minimum atomic E-state index is -0.455. The third-order valence-electron chi connectivity index (χ3n) is 9.59. The first-order valence-corrected chi connectivity index (χ1v) is 18.4. The van der Waals surface area contributed by atoms with Crippen molar-refractivity contribution < 1.29 is 0 Å². The van der Waals surface area contributed by atoms with Gasteiger partial charge in [-0.3, -0.25) is 0 Å². The molecule has 3 nitrogen and oxygen atoms in total. The smallest absolute Gasteiger partial charge is 0.170 e. The third-order valence-corrected chi connectivity index (χ3v) is 11.9. The highest BCUT2D eigenvalue weighted by Gasteiger charge is 2.25. The summed E-state index contributed by atoms with van der Waals surface area (Å²) in [5.74, 6) is 1.66. The van der Waals surface area contributed by atoms with E-state index in [1.165, 1.54) is 57.0 Å². The Morgan fingerprint density at radius 1 is 0.400 bits per heavy atom. The zero-order valence-corrected chi connectivity index (χ0v) is 28.5. The summed E-state index contributed by atoms with van der Waals surface area (Å²) < 4.78 is 5.04. The largest absolute Gasteiger partial charge is 0.324 e. The number of hydrogen-bond acceptors (Lipinski definition) is 5. The topological polar surface area (TPSA) is 36.8 Å². The molecule has 2 aromatic heterocycles. The van der Waals surface area contributed by atoms with Crippen LogP contribution in [0.5, 0.6) is 0 Å². The van der Waals surface area contributed by atoms with E-state index in [-0.39, 0.29) is 0 Å². The van der Waals surface area contributed by atoms with Crippen LogP contribution in [-0.4, -0.2) is 11.7 Å². The molecule has 1 unspecified atom stereocenters. The van der Waals surface area contributed by atoms with Gasteiger partial charge in [0.05, 0.1) is 0 Å². The third kappa shape index (κ3) is 4.85. The van der Waals surface area contributed by atoms with Gasteiger partial charge in [-0.15, -0.1) is 22.7 Å². The Morgan fingerprint density at radius 3 is 1.84 bits per heavy atom. The Hall–Kier alpha value is -5.88. The molecule has 0 bridgehead atoms. The van der Waals surface area contributed by atoms with Crippen molar-refractivity contribution in [2.24, 2.45) is 9.98 Å². The zero-order chi connectivity index (χ0) is 33.0. The van der Waals surface area contributed by atoms with E-state index in [2.05, 4.69) is 169 Å². The fourth-order valence-corrected chi connectivity index (χ4v) is 9.60. The maximum atomic E-state index is 5.43. The lowest BCUT2D eigenvalue weighted by molar-refractivity contribution is 0.758. The molecule has 0 radical (unpaired) electrons. The van der Waals surface area contributed by atoms with Gasteiger partial charge in [-0.05, 0) is 46.5 Å². The predicted molar refractivity (Wildman–Crippen MR) is 215 cm³/mol. The van der Waals surface area contributed by atoms with Crippen LogP contribution in [0.15, 0.2) is 174 Å². The molecule has 9 aromatic rings. The summed E-state index contributed by atoms with van der Waals surface area (Å²) in [6.45, 7) is 0. The van der Waals surface area contributed by atoms with Crippen LogP contribution in [0.1, 0.15) is 22.9 Å². The fraction of sp³-hybridized carbons (Fsp3) is 0.0222. The number of nitrogens with zero attached hydrogens (tertiary/aromatic N) is 2. The first-order valence-electron chi connectivity index (χ1n) is 16.8. The van der Waals surface area contributed by atoms with Crippen molar-refractivity contribution in [1.82, 2.24) is 5.32 Å². The molecule has 10 rings (SSSR count). The molecule has 0 saturated heterocycles. The van der Waals surface area contributed by atoms with Crippen LogP contribution in [-0.2, 0) is 0 Å². The molecule has 0 saturated carbocycles. The van der Waals surface area contributed by atoms with Gasteiger partial charge < -0.3 is 5.32 Å². The molecule has 1 atom stereocenters. The zero-order valence-electron chi connectivity index (χ0n) is 26.9. The molecule has 1 aliphatic rings. The summed E-state index contributed by atoms with van der Waals surface area (Å²) in [7, 11) is 0. The Bertz CT molecular complexity index is 2810. The molecule has 0 aliphatic carbocycles. The molecule has 5 heteroatoms. The second kappa shape index (κ2) is 11.9. The van der Waals surface area contributed by atoms with E-state index in [0.717, 1.165) is 33.9 Å². The first kappa shape index (κ1) is 29.1. The number of nitrogens with one attached hydrogen (secondary N) is 1. The fourth-order valence-electron chi connectivity index (χ4n) is 7.23. The molecule has 0 spiro atoms. The van der Waals surface area contributed by atoms with E-state index in [1.807, 2.05) is 22.7 Å². The van der Waals surface area contributed by atoms with E-state index < -0.39 is 6.17 Å². The van der Waals surface area contributed by atoms with Gasteiger partial charge in [0.25, 0.3) is 0 Å². The van der Waals surface area contributed by atoms with Gasteiger partial charge in [0.15, 0.2) is 6.17 Å². The molecule has 1 N–H and O–H groups in total. The Kier molecular flexibility index (Phi) is 6.93. The van der Waals surface area contributed by atoms with Gasteiger partial charge >= 0.3 is 0 Å². The SMILES string of the molecule is c1ccc(-c2ccccc2-c2ccccc2C2N=C(c3ccc4c(c3)sc3ccccc34)NC(c3cccc4c3sc3ccccc34)=N2)cc1. The van der Waals surface area contributed by atoms with Crippen molar-refractivity contribution in [2.75, 3.05) is 0 Å². The standard InChI is InChI=1S/C45H29N3S2/c1-2-13-28(14-3-1)30-15-4-5-16-31(30)32-17-6-7-20-37(32)44-46-43(29-25-26-35-33-18-8-10-23-39(33)49-41(35)27-29)47-45(48-44)38-22-12-21-36-34-19-9-11-24-40(34)50-42(36)38/h1-27,44H,(H,46,47,48). The van der Waals surface area contributed by atoms with Crippen molar-refractivity contribution in [1.29, 1.82) is 0 Å². The molecular weight excluding hydrogens is 647 g/mol. The minimum Gasteiger partial charge on any atom is -0.324 e. The van der Waals surface area contributed by atoms with E-state index in [0.29, 0.717) is 0 Å². The summed E-state index contributed by atoms with van der Waals surface area (Å²) in [6, 6.07) is 58.4. The predicted octanol–water partition coefficient (Wildman–Crippen LogP) is 12.3. The van der Waals surface area contributed by atoms with E-state index in [1.54, 1.807) is 0 Å². The van der Waals surface area contributed by atoms with E-state index in [9.17, 15) is 0 Å². The molecule has 3 heterocycles. The monoisotopic (exact) mass is 675 g/mol. The molecular formula is C45H29N3S2. The number of hydrogen-bond donors (Lipinski definition) is 1. The van der Waals surface area contributed by atoms with Gasteiger partial charge in [-0.1, -0.05) is 140 Å². The maximum Gasteiger partial charge on any atom is 0.170 e. The van der Waals surface area contributed by atoms with Crippen molar-refractivity contribution in [3.05, 3.63) is 180 Å². The van der Waals surface area contributed by atoms with Crippen molar-refractivity contribution in [3.63, 3.8) is 0 Å². The lowest BCUT2D eigenvalue weighted by Gasteiger charge is -2.24. The molecule has 0 amide bonds. The van der Waals surface area contributed by atoms with Gasteiger partial charge in [0, 0.05) is 57.0 Å². The van der Waals surface area contributed by atoms with E-state index >= 15 is 0 Å². The molecule has 50 heavy (non-hydrogen) atoms. The van der Waals surface area contributed by atoms with Crippen molar-refractivity contribution in [3.8, 4) is 22.3 Å². The second-order valence-corrected chi connectivity index (χ2v) is 14.7. The molecule has 0 fully saturated rings. The van der Waals surface area contributed by atoms with Gasteiger partial charge in [0.2, 0.25) is 0 Å². The first-order chi connectivity index (χ1) is 24.8.